The molecule has 0 unspecified atom stereocenters. The molecule has 0 aliphatic heterocycles. The summed E-state index contributed by atoms with van der Waals surface area (Å²) in [6.45, 7) is 0.113. The predicted molar refractivity (Wildman–Crippen MR) is 110 cm³/mol. The summed E-state index contributed by atoms with van der Waals surface area (Å²) in [5.74, 6) is 1.13. The smallest absolute Gasteiger partial charge is 0.251 e. The number of anilines is 2. The third kappa shape index (κ3) is 5.35. The van der Waals surface area contributed by atoms with E-state index < -0.39 is 0 Å². The predicted octanol–water partition coefficient (Wildman–Crippen LogP) is 3.89. The highest BCUT2D eigenvalue weighted by atomic mass is 16.5. The number of amides is 2. The van der Waals surface area contributed by atoms with Crippen LogP contribution < -0.4 is 20.7 Å². The molecule has 0 saturated carbocycles. The van der Waals surface area contributed by atoms with Crippen LogP contribution in [0, 0.1) is 0 Å². The monoisotopic (exact) mass is 375 g/mol. The summed E-state index contributed by atoms with van der Waals surface area (Å²) in [5.41, 5.74) is 2.01. The molecule has 0 bridgehead atoms. The number of para-hydroxylation sites is 1. The lowest BCUT2D eigenvalue weighted by Gasteiger charge is -2.10. The van der Waals surface area contributed by atoms with Gasteiger partial charge >= 0.3 is 0 Å². The van der Waals surface area contributed by atoms with Crippen LogP contribution >= 0.6 is 0 Å². The van der Waals surface area contributed by atoms with E-state index in [2.05, 4.69) is 16.0 Å². The standard InChI is InChI=1S/C22H21N3O3/c1-23-22(27)16-7-9-17(10-8-16)24-15-21(26)25-18-11-13-20(14-12-18)28-19-5-3-2-4-6-19/h2-14,24H,15H2,1H3,(H,23,27)(H,25,26). The fourth-order valence-electron chi connectivity index (χ4n) is 2.50. The van der Waals surface area contributed by atoms with Gasteiger partial charge in [-0.05, 0) is 60.7 Å². The molecule has 28 heavy (non-hydrogen) atoms. The van der Waals surface area contributed by atoms with Crippen molar-refractivity contribution in [1.29, 1.82) is 0 Å². The van der Waals surface area contributed by atoms with Crippen molar-refractivity contribution < 1.29 is 14.3 Å². The Labute approximate surface area is 163 Å². The van der Waals surface area contributed by atoms with Gasteiger partial charge in [-0.3, -0.25) is 9.59 Å². The first kappa shape index (κ1) is 19.0. The van der Waals surface area contributed by atoms with Gasteiger partial charge in [0.25, 0.3) is 5.91 Å². The minimum atomic E-state index is -0.174. The zero-order valence-corrected chi connectivity index (χ0v) is 15.4. The maximum atomic E-state index is 12.1. The molecule has 3 rings (SSSR count). The van der Waals surface area contributed by atoms with Crippen LogP contribution in [0.1, 0.15) is 10.4 Å². The number of benzene rings is 3. The topological polar surface area (TPSA) is 79.5 Å². The number of hydrogen-bond acceptors (Lipinski definition) is 4. The van der Waals surface area contributed by atoms with E-state index in [1.54, 1.807) is 55.6 Å². The summed E-state index contributed by atoms with van der Waals surface area (Å²) < 4.78 is 5.72. The molecule has 6 nitrogen and oxygen atoms in total. The van der Waals surface area contributed by atoms with E-state index in [1.165, 1.54) is 0 Å². The molecule has 0 saturated heterocycles. The molecule has 2 amide bonds. The largest absolute Gasteiger partial charge is 0.457 e. The van der Waals surface area contributed by atoms with Crippen molar-refractivity contribution in [3.05, 3.63) is 84.4 Å². The third-order valence-corrected chi connectivity index (χ3v) is 3.94. The summed E-state index contributed by atoms with van der Waals surface area (Å²) in [6.07, 6.45) is 0. The summed E-state index contributed by atoms with van der Waals surface area (Å²) in [4.78, 5) is 23.6. The quantitative estimate of drug-likeness (QED) is 0.585. The van der Waals surface area contributed by atoms with Gasteiger partial charge in [-0.25, -0.2) is 0 Å². The fraction of sp³-hybridized carbons (Fsp3) is 0.0909. The van der Waals surface area contributed by atoms with Crippen LogP contribution in [0.3, 0.4) is 0 Å². The molecule has 0 aliphatic carbocycles. The van der Waals surface area contributed by atoms with Gasteiger partial charge in [-0.1, -0.05) is 18.2 Å². The number of nitrogens with one attached hydrogen (secondary N) is 3. The average Bonchev–Trinajstić information content (AvgIpc) is 2.74. The second-order valence-corrected chi connectivity index (χ2v) is 6.00. The Kier molecular flexibility index (Phi) is 6.25. The number of ether oxygens (including phenoxy) is 1. The van der Waals surface area contributed by atoms with Crippen LogP contribution in [0.2, 0.25) is 0 Å². The van der Waals surface area contributed by atoms with E-state index in [4.69, 9.17) is 4.74 Å². The van der Waals surface area contributed by atoms with Gasteiger partial charge < -0.3 is 20.7 Å². The van der Waals surface area contributed by atoms with E-state index in [1.807, 2.05) is 30.3 Å². The van der Waals surface area contributed by atoms with Crippen LogP contribution in [0.4, 0.5) is 11.4 Å². The van der Waals surface area contributed by atoms with E-state index >= 15 is 0 Å². The molecule has 142 valence electrons. The molecule has 6 heteroatoms. The zero-order valence-electron chi connectivity index (χ0n) is 15.4. The highest BCUT2D eigenvalue weighted by molar-refractivity contribution is 5.95. The Bertz CT molecular complexity index is 924. The maximum Gasteiger partial charge on any atom is 0.251 e. The van der Waals surface area contributed by atoms with Gasteiger partial charge in [-0.2, -0.15) is 0 Å². The molecule has 0 atom stereocenters. The van der Waals surface area contributed by atoms with Crippen LogP contribution in [-0.2, 0) is 4.79 Å². The van der Waals surface area contributed by atoms with Crippen LogP contribution in [0.15, 0.2) is 78.9 Å². The summed E-state index contributed by atoms with van der Waals surface area (Å²) in [7, 11) is 1.58. The molecule has 3 aromatic rings. The molecule has 0 spiro atoms. The fourth-order valence-corrected chi connectivity index (χ4v) is 2.50. The number of carbonyl (C=O) groups excluding carboxylic acids is 2. The Morgan fingerprint density at radius 1 is 0.786 bits per heavy atom. The minimum absolute atomic E-state index is 0.113. The van der Waals surface area contributed by atoms with Gasteiger partial charge in [0.2, 0.25) is 5.91 Å². The molecule has 0 aromatic heterocycles. The Balaban J connectivity index is 1.48. The highest BCUT2D eigenvalue weighted by Gasteiger charge is 2.05. The zero-order chi connectivity index (χ0) is 19.8. The van der Waals surface area contributed by atoms with Crippen molar-refractivity contribution in [1.82, 2.24) is 5.32 Å². The van der Waals surface area contributed by atoms with E-state index in [0.29, 0.717) is 17.0 Å². The first-order valence-electron chi connectivity index (χ1n) is 8.83. The molecular formula is C22H21N3O3. The number of rotatable bonds is 7. The van der Waals surface area contributed by atoms with Crippen molar-refractivity contribution >= 4 is 23.2 Å². The summed E-state index contributed by atoms with van der Waals surface area (Å²) >= 11 is 0. The number of carbonyl (C=O) groups is 2. The van der Waals surface area contributed by atoms with Crippen molar-refractivity contribution in [2.45, 2.75) is 0 Å². The highest BCUT2D eigenvalue weighted by Crippen LogP contribution is 2.22. The maximum absolute atomic E-state index is 12.1. The number of hydrogen-bond donors (Lipinski definition) is 3. The third-order valence-electron chi connectivity index (χ3n) is 3.94. The van der Waals surface area contributed by atoms with E-state index in [9.17, 15) is 9.59 Å². The molecular weight excluding hydrogens is 354 g/mol. The van der Waals surface area contributed by atoms with Crippen molar-refractivity contribution in [2.75, 3.05) is 24.2 Å². The summed E-state index contributed by atoms with van der Waals surface area (Å²) in [6, 6.07) is 23.6. The van der Waals surface area contributed by atoms with Gasteiger partial charge in [0.05, 0.1) is 6.54 Å². The average molecular weight is 375 g/mol. The summed E-state index contributed by atoms with van der Waals surface area (Å²) in [5, 5.41) is 8.41. The molecule has 0 heterocycles. The van der Waals surface area contributed by atoms with E-state index in [-0.39, 0.29) is 18.4 Å². The van der Waals surface area contributed by atoms with E-state index in [0.717, 1.165) is 11.4 Å². The van der Waals surface area contributed by atoms with Crippen molar-refractivity contribution in [2.24, 2.45) is 0 Å². The normalized spacial score (nSPS) is 10.0. The Morgan fingerprint density at radius 2 is 1.39 bits per heavy atom. The van der Waals surface area contributed by atoms with Crippen LogP contribution in [0.25, 0.3) is 0 Å². The molecule has 0 radical (unpaired) electrons. The van der Waals surface area contributed by atoms with Gasteiger partial charge in [0.15, 0.2) is 0 Å². The second-order valence-electron chi connectivity index (χ2n) is 6.00. The lowest BCUT2D eigenvalue weighted by molar-refractivity contribution is -0.114. The lowest BCUT2D eigenvalue weighted by atomic mass is 10.2. The van der Waals surface area contributed by atoms with Crippen LogP contribution in [0.5, 0.6) is 11.5 Å². The van der Waals surface area contributed by atoms with Crippen molar-refractivity contribution in [3.8, 4) is 11.5 Å². The molecule has 3 N–H and O–H groups in total. The first-order chi connectivity index (χ1) is 13.6. The second kappa shape index (κ2) is 9.23. The first-order valence-corrected chi connectivity index (χ1v) is 8.83. The van der Waals surface area contributed by atoms with Gasteiger partial charge in [-0.15, -0.1) is 0 Å². The Hall–Kier alpha value is -3.80. The van der Waals surface area contributed by atoms with Crippen LogP contribution in [-0.4, -0.2) is 25.4 Å². The Morgan fingerprint density at radius 3 is 2.04 bits per heavy atom. The van der Waals surface area contributed by atoms with Gasteiger partial charge in [0.1, 0.15) is 11.5 Å². The minimum Gasteiger partial charge on any atom is -0.457 e. The molecule has 0 aliphatic rings. The van der Waals surface area contributed by atoms with Gasteiger partial charge in [0, 0.05) is 24.0 Å². The van der Waals surface area contributed by atoms with Crippen molar-refractivity contribution in [3.63, 3.8) is 0 Å². The lowest BCUT2D eigenvalue weighted by Crippen LogP contribution is -2.22. The SMILES string of the molecule is CNC(=O)c1ccc(NCC(=O)Nc2ccc(Oc3ccccc3)cc2)cc1. The molecule has 3 aromatic carbocycles. The molecule has 0 fully saturated rings.